The van der Waals surface area contributed by atoms with Gasteiger partial charge in [-0.1, -0.05) is 88.0 Å². The summed E-state index contributed by atoms with van der Waals surface area (Å²) in [7, 11) is -33.6. The van der Waals surface area contributed by atoms with Crippen LogP contribution in [-0.4, -0.2) is 447 Å². The molecule has 0 amide bonds. The average Bonchev–Trinajstić information content (AvgIpc) is 0.850. The van der Waals surface area contributed by atoms with Crippen LogP contribution in [0.15, 0.2) is 0 Å². The predicted molar refractivity (Wildman–Crippen MR) is 479 cm³/mol. The molecule has 0 rings (SSSR count). The number of methoxy groups -OCH3 is 6. The number of ether oxygens (including phenoxy) is 6. The zero-order valence-electron chi connectivity index (χ0n) is 93.5. The Bertz CT molecular complexity index is 3960. The molecule has 0 aromatic carbocycles. The van der Waals surface area contributed by atoms with Crippen LogP contribution in [0.5, 0.6) is 0 Å². The van der Waals surface area contributed by atoms with Gasteiger partial charge < -0.3 is 83.1 Å². The molecule has 0 heterocycles. The van der Waals surface area contributed by atoms with E-state index in [0.717, 1.165) is 103 Å². The predicted octanol–water partition coefficient (Wildman–Crippen LogP) is -36.4. The maximum absolute atomic E-state index is 10.7. The third-order valence-corrected chi connectivity index (χ3v) is 28.7. The van der Waals surface area contributed by atoms with Gasteiger partial charge in [-0.2, -0.15) is 0 Å². The van der Waals surface area contributed by atoms with Crippen molar-refractivity contribution in [2.24, 2.45) is 0 Å². The summed E-state index contributed by atoms with van der Waals surface area (Å²) < 4.78 is 412. The van der Waals surface area contributed by atoms with Crippen LogP contribution in [-0.2, 0) is 152 Å². The van der Waals surface area contributed by atoms with Crippen molar-refractivity contribution in [3.8, 4) is 0 Å². The monoisotopic (exact) mass is 2240 g/mol. The Hall–Kier alpha value is 5.37. The Balaban J connectivity index is -0.0000000488. The third-order valence-electron chi connectivity index (χ3n) is 16.3. The van der Waals surface area contributed by atoms with Gasteiger partial charge in [0.25, 0.3) is 0 Å². The Labute approximate surface area is 1010 Å². The van der Waals surface area contributed by atoms with E-state index < -0.39 is 135 Å². The molecule has 0 aliphatic rings. The molecule has 0 aromatic rings. The van der Waals surface area contributed by atoms with Gasteiger partial charge in [0.15, 0.2) is 124 Å². The minimum atomic E-state index is -4.39. The number of hydrogen-bond acceptors (Lipinski definition) is 42. The Morgan fingerprint density at radius 2 is 0.371 bits per heavy atom. The summed E-state index contributed by atoms with van der Waals surface area (Å²) in [5.74, 6) is 0. The molecule has 0 saturated carbocycles. The Kier molecular flexibility index (Phi) is 162. The zero-order chi connectivity index (χ0) is 107. The summed E-state index contributed by atoms with van der Waals surface area (Å²) in [4.78, 5) is 0. The van der Waals surface area contributed by atoms with Crippen molar-refractivity contribution in [2.75, 3.05) is 217 Å². The van der Waals surface area contributed by atoms with E-state index in [9.17, 15) is 156 Å². The fourth-order valence-corrected chi connectivity index (χ4v) is 13.6. The van der Waals surface area contributed by atoms with Gasteiger partial charge in [-0.05, 0) is 107 Å². The molecule has 0 spiro atoms. The molecule has 143 heavy (non-hydrogen) atoms. The molecule has 54 nitrogen and oxygen atoms in total. The summed E-state index contributed by atoms with van der Waals surface area (Å²) in [5.41, 5.74) is -1.25. The van der Waals surface area contributed by atoms with Crippen LogP contribution >= 0.6 is 0 Å². The first kappa shape index (κ1) is 208. The van der Waals surface area contributed by atoms with Gasteiger partial charge in [0.2, 0.25) is 0 Å². The molecular weight excluding hydrogens is 2090 g/mol. The summed E-state index contributed by atoms with van der Waals surface area (Å²) in [5, 5.41) is 0. The van der Waals surface area contributed by atoms with Gasteiger partial charge in [0.05, 0.1) is 39.6 Å². The maximum atomic E-state index is 10.7. The summed E-state index contributed by atoms with van der Waals surface area (Å²) in [6, 6.07) is -0.412. The molecule has 0 aromatic heterocycles. The molecule has 0 aliphatic carbocycles. The first-order valence-electron chi connectivity index (χ1n) is 39.9. The number of unbranched alkanes of at least 4 members (excludes halogenated alkanes) is 4. The summed E-state index contributed by atoms with van der Waals surface area (Å²) in [6.07, 6.45) is 9.22. The molecule has 0 N–H and O–H groups in total. The normalized spacial score (nSPS) is 12.0. The van der Waals surface area contributed by atoms with Crippen LogP contribution in [0.1, 0.15) is 195 Å². The summed E-state index contributed by atoms with van der Waals surface area (Å²) >= 11 is 0. The van der Waals surface area contributed by atoms with Crippen LogP contribution in [0.3, 0.4) is 0 Å². The molecular formula is C65H154Li12N12O42S12. The van der Waals surface area contributed by atoms with E-state index in [2.05, 4.69) is 28.4 Å². The van der Waals surface area contributed by atoms with Crippen LogP contribution in [0.2, 0.25) is 0 Å². The SMILES string of the molecule is CCC(C)N(C)S(=O)(=O)[O-].CCC(C)N(C)S(=O)(=O)[O-].CCCCN(C)S(=O)(=O)[O-].CCCCN(C)S(=O)(=O)[O-].CCCCN(CCCC)S(=O)(=O)[O-].CCCN(CCC)S(=O)(=O)[O-].CCN(C)S(=O)(=O)[O-].CN(C(C)(C)C)S(=O)(=O)[O-].CN(C(C)(C)C)S(=O)(=O)[O-].COCCN(CCOC)S(=O)(=O)[O-].COCCN(CCOC)S(=O)(=O)[O-].COCCN(CCOC)S(=O)(=O)[O-].[Li+].[Li+].[Li+].[Li+].[Li+].[Li+].[Li+].[Li+].[Li+].[Li+].[Li+].[Li+]. The number of rotatable bonds is 51. The second-order valence-electron chi connectivity index (χ2n) is 28.7. The molecule has 78 heteroatoms. The van der Waals surface area contributed by atoms with Crippen molar-refractivity contribution in [3.63, 3.8) is 0 Å². The minimum absolute atomic E-state index is 0. The van der Waals surface area contributed by atoms with Crippen molar-refractivity contribution in [2.45, 2.75) is 218 Å². The van der Waals surface area contributed by atoms with E-state index in [-0.39, 0.29) is 324 Å². The van der Waals surface area contributed by atoms with Crippen LogP contribution < -0.4 is 226 Å². The van der Waals surface area contributed by atoms with E-state index in [1.807, 2.05) is 55.4 Å². The number of hydrogen-bond donors (Lipinski definition) is 0. The topological polar surface area (TPSA) is 781 Å². The fraction of sp³-hybridized carbons (Fsp3) is 1.00. The first-order chi connectivity index (χ1) is 58.6. The molecule has 0 bridgehead atoms. The molecule has 2 atom stereocenters. The second kappa shape index (κ2) is 111. The van der Waals surface area contributed by atoms with E-state index in [4.69, 9.17) is 0 Å². The van der Waals surface area contributed by atoms with Gasteiger partial charge in [-0.15, -0.1) is 0 Å². The smallest absolute Gasteiger partial charge is 0.735 e. The van der Waals surface area contributed by atoms with Gasteiger partial charge in [-0.25, -0.2) is 153 Å². The molecule has 0 radical (unpaired) electrons. The molecule has 0 fully saturated rings. The van der Waals surface area contributed by atoms with Crippen molar-refractivity contribution < 1.29 is 410 Å². The number of nitrogens with zero attached hydrogens (tertiary/aromatic N) is 12. The van der Waals surface area contributed by atoms with Crippen molar-refractivity contribution >= 4 is 124 Å². The largest absolute Gasteiger partial charge is 1.00 e. The Morgan fingerprint density at radius 1 is 0.217 bits per heavy atom. The van der Waals surface area contributed by atoms with Gasteiger partial charge >= 0.3 is 226 Å². The molecule has 0 saturated heterocycles. The quantitative estimate of drug-likeness (QED) is 0.0403. The summed E-state index contributed by atoms with van der Waals surface area (Å²) in [6.45, 7) is 33.9. The van der Waals surface area contributed by atoms with Crippen LogP contribution in [0.4, 0.5) is 0 Å². The van der Waals surface area contributed by atoms with Gasteiger partial charge in [0.1, 0.15) is 0 Å². The van der Waals surface area contributed by atoms with Gasteiger partial charge in [0, 0.05) is 200 Å². The van der Waals surface area contributed by atoms with E-state index >= 15 is 0 Å². The molecule has 2 unspecified atom stereocenters. The maximum Gasteiger partial charge on any atom is 1.00 e. The molecule has 0 aliphatic heterocycles. The molecule has 810 valence electrons. The van der Waals surface area contributed by atoms with Gasteiger partial charge in [-0.3, -0.25) is 0 Å². The van der Waals surface area contributed by atoms with Crippen molar-refractivity contribution in [3.05, 3.63) is 0 Å². The Morgan fingerprint density at radius 3 is 0.455 bits per heavy atom. The minimum Gasteiger partial charge on any atom is -0.735 e. The standard InChI is InChI=1S/C8H19NO3S.3C6H15NO5S.C6H15NO3S.6C5H13NO3S.C3H9NO3S.12Li/c1-3-5-7-9(8-6-4-2)13(10,11)12;3*1-11-5-3-7(4-6-12-2)13(8,9)10;1-3-5-7(6-4-2)11(8,9)10;2*1-5(2,3)6(4)10(7,8)9;2*1-4-5(2)6(3)10(7,8)9;2*1-3-4-5-6(2)10(7,8)9;1-3-4(2)8(5,6)7;;;;;;;;;;;;/h3-8H2,1-2H3,(H,10,11,12);3*3-6H2,1-2H3,(H,8,9,10);3-6H2,1-2H3,(H,8,9,10);2*1-4H3,(H,7,8,9);2*5H,4H2,1-3H3,(H,7,8,9);2*3-5H2,1-2H3,(H,7,8,9);3H2,1-2H3,(H,5,6,7);;;;;;;;;;;;/q;;;;;;;;;;;;12*+1/p-12. The average molecular weight is 2240 g/mol. The van der Waals surface area contributed by atoms with E-state index in [0.29, 0.717) is 65.0 Å². The first-order valence-corrected chi connectivity index (χ1v) is 56.3. The van der Waals surface area contributed by atoms with E-state index in [1.54, 1.807) is 62.3 Å². The van der Waals surface area contributed by atoms with Crippen LogP contribution in [0.25, 0.3) is 0 Å². The van der Waals surface area contributed by atoms with Crippen molar-refractivity contribution in [1.29, 1.82) is 0 Å². The zero-order valence-corrected chi connectivity index (χ0v) is 103. The third kappa shape index (κ3) is 140. The fourth-order valence-electron chi connectivity index (χ4n) is 6.77. The van der Waals surface area contributed by atoms with E-state index in [1.165, 1.54) is 92.0 Å². The van der Waals surface area contributed by atoms with Crippen LogP contribution in [0, 0.1) is 0 Å². The van der Waals surface area contributed by atoms with Crippen molar-refractivity contribution in [1.82, 2.24) is 51.7 Å². The second-order valence-corrected chi connectivity index (χ2v) is 45.7.